The van der Waals surface area contributed by atoms with Gasteiger partial charge in [0.15, 0.2) is 0 Å². The van der Waals surface area contributed by atoms with Crippen molar-refractivity contribution in [1.82, 2.24) is 4.98 Å². The van der Waals surface area contributed by atoms with Crippen LogP contribution in [0.2, 0.25) is 0 Å². The van der Waals surface area contributed by atoms with E-state index in [1.165, 1.54) is 25.3 Å². The van der Waals surface area contributed by atoms with E-state index in [0.29, 0.717) is 17.7 Å². The second-order valence-corrected chi connectivity index (χ2v) is 3.96. The van der Waals surface area contributed by atoms with Crippen molar-refractivity contribution in [3.63, 3.8) is 0 Å². The van der Waals surface area contributed by atoms with Crippen LogP contribution in [0, 0.1) is 5.82 Å². The Labute approximate surface area is 105 Å². The van der Waals surface area contributed by atoms with Gasteiger partial charge in [0.2, 0.25) is 0 Å². The van der Waals surface area contributed by atoms with Gasteiger partial charge in [-0.15, -0.1) is 0 Å². The van der Waals surface area contributed by atoms with Gasteiger partial charge in [0, 0.05) is 24.4 Å². The van der Waals surface area contributed by atoms with Crippen LogP contribution in [0.4, 0.5) is 4.39 Å². The quantitative estimate of drug-likeness (QED) is 0.902. The van der Waals surface area contributed by atoms with E-state index in [-0.39, 0.29) is 5.82 Å². The predicted molar refractivity (Wildman–Crippen MR) is 65.9 cm³/mol. The Morgan fingerprint density at radius 3 is 2.67 bits per heavy atom. The van der Waals surface area contributed by atoms with E-state index in [4.69, 9.17) is 4.74 Å². The van der Waals surface area contributed by atoms with Crippen LogP contribution < -0.4 is 4.74 Å². The molecule has 0 aliphatic carbocycles. The topological polar surface area (TPSA) is 42.4 Å². The normalized spacial score (nSPS) is 12.2. The number of hydrogen-bond acceptors (Lipinski definition) is 3. The summed E-state index contributed by atoms with van der Waals surface area (Å²) in [4.78, 5) is 3.91. The van der Waals surface area contributed by atoms with Gasteiger partial charge in [0.05, 0.1) is 13.2 Å². The molecule has 3 nitrogen and oxygen atoms in total. The van der Waals surface area contributed by atoms with E-state index in [1.807, 2.05) is 12.1 Å². The smallest absolute Gasteiger partial charge is 0.124 e. The van der Waals surface area contributed by atoms with Gasteiger partial charge in [-0.25, -0.2) is 4.39 Å². The number of pyridine rings is 1. The second kappa shape index (κ2) is 5.60. The fourth-order valence-electron chi connectivity index (χ4n) is 1.82. The summed E-state index contributed by atoms with van der Waals surface area (Å²) in [5.74, 6) is 0.0949. The maximum absolute atomic E-state index is 13.2. The summed E-state index contributed by atoms with van der Waals surface area (Å²) in [7, 11) is 1.50. The zero-order chi connectivity index (χ0) is 13.0. The van der Waals surface area contributed by atoms with Gasteiger partial charge < -0.3 is 9.84 Å². The number of aliphatic hydroxyl groups excluding tert-OH is 1. The molecule has 1 heterocycles. The van der Waals surface area contributed by atoms with Crippen LogP contribution in [-0.2, 0) is 6.42 Å². The van der Waals surface area contributed by atoms with Crippen LogP contribution >= 0.6 is 0 Å². The van der Waals surface area contributed by atoms with Gasteiger partial charge >= 0.3 is 0 Å². The van der Waals surface area contributed by atoms with Crippen molar-refractivity contribution < 1.29 is 14.2 Å². The highest BCUT2D eigenvalue weighted by atomic mass is 19.1. The molecule has 1 N–H and O–H groups in total. The lowest BCUT2D eigenvalue weighted by Crippen LogP contribution is -2.04. The molecule has 2 aromatic rings. The lowest BCUT2D eigenvalue weighted by atomic mass is 10.0. The van der Waals surface area contributed by atoms with Gasteiger partial charge in [-0.1, -0.05) is 0 Å². The molecule has 0 saturated carbocycles. The van der Waals surface area contributed by atoms with E-state index in [9.17, 15) is 9.50 Å². The first-order chi connectivity index (χ1) is 8.70. The summed E-state index contributed by atoms with van der Waals surface area (Å²) < 4.78 is 18.3. The SMILES string of the molecule is COc1ccc(F)cc1C(O)Cc1ccncc1. The highest BCUT2D eigenvalue weighted by Crippen LogP contribution is 2.28. The molecule has 0 spiro atoms. The second-order valence-electron chi connectivity index (χ2n) is 3.96. The molecule has 0 aliphatic heterocycles. The summed E-state index contributed by atoms with van der Waals surface area (Å²) in [6.07, 6.45) is 2.90. The minimum absolute atomic E-state index is 0.389. The molecule has 1 unspecified atom stereocenters. The molecule has 1 atom stereocenters. The average molecular weight is 247 g/mol. The van der Waals surface area contributed by atoms with Gasteiger partial charge in [0.1, 0.15) is 11.6 Å². The number of aromatic nitrogens is 1. The first-order valence-electron chi connectivity index (χ1n) is 5.61. The van der Waals surface area contributed by atoms with Crippen molar-refractivity contribution >= 4 is 0 Å². The van der Waals surface area contributed by atoms with Gasteiger partial charge in [-0.2, -0.15) is 0 Å². The van der Waals surface area contributed by atoms with E-state index in [0.717, 1.165) is 5.56 Å². The van der Waals surface area contributed by atoms with E-state index >= 15 is 0 Å². The molecule has 18 heavy (non-hydrogen) atoms. The summed E-state index contributed by atoms with van der Waals surface area (Å²) in [5, 5.41) is 10.1. The zero-order valence-corrected chi connectivity index (χ0v) is 10.0. The molecule has 0 fully saturated rings. The Bertz CT molecular complexity index is 516. The number of ether oxygens (including phenoxy) is 1. The van der Waals surface area contributed by atoms with Crippen LogP contribution in [-0.4, -0.2) is 17.2 Å². The summed E-state index contributed by atoms with van der Waals surface area (Å²) in [6, 6.07) is 7.75. The van der Waals surface area contributed by atoms with Crippen molar-refractivity contribution in [2.45, 2.75) is 12.5 Å². The van der Waals surface area contributed by atoms with Gasteiger partial charge in [-0.05, 0) is 35.9 Å². The molecule has 1 aromatic carbocycles. The molecular weight excluding hydrogens is 233 g/mol. The van der Waals surface area contributed by atoms with E-state index in [2.05, 4.69) is 4.98 Å². The standard InChI is InChI=1S/C14H14FNO2/c1-18-14-3-2-11(15)9-12(14)13(17)8-10-4-6-16-7-5-10/h2-7,9,13,17H,8H2,1H3. The maximum Gasteiger partial charge on any atom is 0.124 e. The maximum atomic E-state index is 13.2. The lowest BCUT2D eigenvalue weighted by molar-refractivity contribution is 0.173. The molecule has 94 valence electrons. The van der Waals surface area contributed by atoms with E-state index in [1.54, 1.807) is 12.4 Å². The minimum atomic E-state index is -0.807. The van der Waals surface area contributed by atoms with Crippen molar-refractivity contribution in [1.29, 1.82) is 0 Å². The molecule has 0 amide bonds. The molecule has 0 bridgehead atoms. The number of nitrogens with zero attached hydrogens (tertiary/aromatic N) is 1. The number of aliphatic hydroxyl groups is 1. The Morgan fingerprint density at radius 1 is 1.28 bits per heavy atom. The van der Waals surface area contributed by atoms with Gasteiger partial charge in [-0.3, -0.25) is 4.98 Å². The Hall–Kier alpha value is -1.94. The monoisotopic (exact) mass is 247 g/mol. The van der Waals surface area contributed by atoms with Crippen LogP contribution in [0.25, 0.3) is 0 Å². The third kappa shape index (κ3) is 2.84. The molecule has 0 saturated heterocycles. The molecular formula is C14H14FNO2. The summed E-state index contributed by atoms with van der Waals surface area (Å²) in [5.41, 5.74) is 1.39. The van der Waals surface area contributed by atoms with Crippen molar-refractivity contribution in [2.75, 3.05) is 7.11 Å². The highest BCUT2D eigenvalue weighted by molar-refractivity contribution is 5.36. The molecule has 4 heteroatoms. The Kier molecular flexibility index (Phi) is 3.89. The highest BCUT2D eigenvalue weighted by Gasteiger charge is 2.14. The molecule has 2 rings (SSSR count). The first kappa shape index (κ1) is 12.5. The summed E-state index contributed by atoms with van der Waals surface area (Å²) in [6.45, 7) is 0. The number of halogens is 1. The average Bonchev–Trinajstić information content (AvgIpc) is 2.40. The first-order valence-corrected chi connectivity index (χ1v) is 5.61. The number of rotatable bonds is 4. The Morgan fingerprint density at radius 2 is 2.00 bits per heavy atom. The van der Waals surface area contributed by atoms with Crippen molar-refractivity contribution in [3.8, 4) is 5.75 Å². The van der Waals surface area contributed by atoms with Gasteiger partial charge in [0.25, 0.3) is 0 Å². The third-order valence-electron chi connectivity index (χ3n) is 2.73. The largest absolute Gasteiger partial charge is 0.496 e. The third-order valence-corrected chi connectivity index (χ3v) is 2.73. The minimum Gasteiger partial charge on any atom is -0.496 e. The van der Waals surface area contributed by atoms with Crippen LogP contribution in [0.15, 0.2) is 42.7 Å². The van der Waals surface area contributed by atoms with Crippen LogP contribution in [0.5, 0.6) is 5.75 Å². The van der Waals surface area contributed by atoms with Crippen LogP contribution in [0.1, 0.15) is 17.2 Å². The predicted octanol–water partition coefficient (Wildman–Crippen LogP) is 2.51. The number of benzene rings is 1. The fourth-order valence-corrected chi connectivity index (χ4v) is 1.82. The lowest BCUT2D eigenvalue weighted by Gasteiger charge is -2.14. The van der Waals surface area contributed by atoms with Crippen molar-refractivity contribution in [2.24, 2.45) is 0 Å². The van der Waals surface area contributed by atoms with E-state index < -0.39 is 6.10 Å². The molecule has 0 radical (unpaired) electrons. The molecule has 0 aliphatic rings. The molecule has 1 aromatic heterocycles. The summed E-state index contributed by atoms with van der Waals surface area (Å²) >= 11 is 0. The fraction of sp³-hybridized carbons (Fsp3) is 0.214. The Balaban J connectivity index is 2.23. The zero-order valence-electron chi connectivity index (χ0n) is 10.0. The van der Waals surface area contributed by atoms with Crippen molar-refractivity contribution in [3.05, 3.63) is 59.7 Å². The number of methoxy groups -OCH3 is 1. The van der Waals surface area contributed by atoms with Crippen LogP contribution in [0.3, 0.4) is 0 Å². The number of hydrogen-bond donors (Lipinski definition) is 1.